The quantitative estimate of drug-likeness (QED) is 0.770. The predicted molar refractivity (Wildman–Crippen MR) is 49.7 cm³/mol. The van der Waals surface area contributed by atoms with Gasteiger partial charge in [-0.05, 0) is 24.6 Å². The Hall–Kier alpha value is -1.13. The molecule has 0 aromatic heterocycles. The molecule has 3 nitrogen and oxygen atoms in total. The Morgan fingerprint density at radius 1 is 1.50 bits per heavy atom. The van der Waals surface area contributed by atoms with Crippen molar-refractivity contribution in [1.82, 2.24) is 0 Å². The maximum absolute atomic E-state index is 13.4. The van der Waals surface area contributed by atoms with Gasteiger partial charge in [0.25, 0.3) is 0 Å². The lowest BCUT2D eigenvalue weighted by atomic mass is 10.1. The van der Waals surface area contributed by atoms with E-state index in [0.717, 1.165) is 0 Å². The van der Waals surface area contributed by atoms with Gasteiger partial charge < -0.3 is 14.9 Å². The number of aliphatic hydroxyl groups is 2. The van der Waals surface area contributed by atoms with Gasteiger partial charge in [-0.25, -0.2) is 4.39 Å². The van der Waals surface area contributed by atoms with E-state index >= 15 is 0 Å². The molecule has 0 spiro atoms. The predicted octanol–water partition coefficient (Wildman–Crippen LogP) is 1.17. The minimum atomic E-state index is -1.24. The lowest BCUT2D eigenvalue weighted by Gasteiger charge is -2.14. The topological polar surface area (TPSA) is 49.7 Å². The Morgan fingerprint density at radius 2 is 2.14 bits per heavy atom. The summed E-state index contributed by atoms with van der Waals surface area (Å²) >= 11 is 0. The summed E-state index contributed by atoms with van der Waals surface area (Å²) in [5, 5.41) is 18.1. The van der Waals surface area contributed by atoms with Crippen molar-refractivity contribution in [3.8, 4) is 5.75 Å². The summed E-state index contributed by atoms with van der Waals surface area (Å²) in [6.45, 7) is 1.19. The van der Waals surface area contributed by atoms with Crippen molar-refractivity contribution in [3.63, 3.8) is 0 Å². The van der Waals surface area contributed by atoms with E-state index in [0.29, 0.717) is 5.56 Å². The highest BCUT2D eigenvalue weighted by Crippen LogP contribution is 2.28. The zero-order chi connectivity index (χ0) is 10.7. The summed E-state index contributed by atoms with van der Waals surface area (Å²) in [6.07, 6.45) is -1.24. The van der Waals surface area contributed by atoms with E-state index in [1.807, 2.05) is 0 Å². The van der Waals surface area contributed by atoms with Gasteiger partial charge in [0, 0.05) is 0 Å². The molecule has 0 heterocycles. The molecule has 0 radical (unpaired) electrons. The summed E-state index contributed by atoms with van der Waals surface area (Å²) in [5.41, 5.74) is 0.703. The van der Waals surface area contributed by atoms with Crippen LogP contribution in [0.4, 0.5) is 4.39 Å². The molecule has 0 aliphatic heterocycles. The fourth-order valence-electron chi connectivity index (χ4n) is 1.31. The number of rotatable bonds is 3. The third-order valence-corrected chi connectivity index (χ3v) is 1.96. The standard InChI is InChI=1S/C10H13FO3/c1-6-3-7(11)10(8(13)5-12)9(4-6)14-2/h3-4,8,12-13H,5H2,1-2H3. The second kappa shape index (κ2) is 4.39. The molecule has 1 aromatic carbocycles. The summed E-state index contributed by atoms with van der Waals surface area (Å²) in [6, 6.07) is 2.90. The minimum absolute atomic E-state index is 0.000556. The van der Waals surface area contributed by atoms with Gasteiger partial charge in [-0.15, -0.1) is 0 Å². The fraction of sp³-hybridized carbons (Fsp3) is 0.400. The number of halogens is 1. The molecule has 0 amide bonds. The van der Waals surface area contributed by atoms with Crippen LogP contribution in [0.1, 0.15) is 17.2 Å². The molecule has 14 heavy (non-hydrogen) atoms. The monoisotopic (exact) mass is 200 g/mol. The fourth-order valence-corrected chi connectivity index (χ4v) is 1.31. The van der Waals surface area contributed by atoms with Crippen LogP contribution >= 0.6 is 0 Å². The van der Waals surface area contributed by atoms with E-state index in [9.17, 15) is 9.50 Å². The van der Waals surface area contributed by atoms with Crippen molar-refractivity contribution < 1.29 is 19.3 Å². The SMILES string of the molecule is COc1cc(C)cc(F)c1C(O)CO. The van der Waals surface area contributed by atoms with Gasteiger partial charge in [-0.3, -0.25) is 0 Å². The Kier molecular flexibility index (Phi) is 3.43. The van der Waals surface area contributed by atoms with E-state index in [4.69, 9.17) is 9.84 Å². The Bertz CT molecular complexity index is 325. The van der Waals surface area contributed by atoms with Crippen LogP contribution in [-0.2, 0) is 0 Å². The van der Waals surface area contributed by atoms with Crippen molar-refractivity contribution in [3.05, 3.63) is 29.1 Å². The maximum atomic E-state index is 13.4. The average Bonchev–Trinajstić information content (AvgIpc) is 2.15. The van der Waals surface area contributed by atoms with Crippen LogP contribution in [0.3, 0.4) is 0 Å². The number of benzene rings is 1. The molecule has 1 rings (SSSR count). The van der Waals surface area contributed by atoms with Gasteiger partial charge in [-0.1, -0.05) is 0 Å². The number of ether oxygens (including phenoxy) is 1. The molecule has 0 aliphatic rings. The zero-order valence-electron chi connectivity index (χ0n) is 8.12. The van der Waals surface area contributed by atoms with Crippen LogP contribution in [0.2, 0.25) is 0 Å². The summed E-state index contributed by atoms with van der Waals surface area (Å²) in [5.74, 6) is -0.313. The lowest BCUT2D eigenvalue weighted by molar-refractivity contribution is 0.0902. The lowest BCUT2D eigenvalue weighted by Crippen LogP contribution is -2.07. The highest BCUT2D eigenvalue weighted by Gasteiger charge is 2.17. The smallest absolute Gasteiger partial charge is 0.133 e. The first-order valence-electron chi connectivity index (χ1n) is 4.23. The Morgan fingerprint density at radius 3 is 2.64 bits per heavy atom. The molecule has 0 saturated carbocycles. The molecule has 0 bridgehead atoms. The third-order valence-electron chi connectivity index (χ3n) is 1.96. The van der Waals surface area contributed by atoms with Crippen molar-refractivity contribution >= 4 is 0 Å². The molecule has 4 heteroatoms. The number of methoxy groups -OCH3 is 1. The van der Waals surface area contributed by atoms with Gasteiger partial charge in [0.2, 0.25) is 0 Å². The summed E-state index contributed by atoms with van der Waals surface area (Å²) in [7, 11) is 1.39. The van der Waals surface area contributed by atoms with E-state index in [2.05, 4.69) is 0 Å². The minimum Gasteiger partial charge on any atom is -0.496 e. The average molecular weight is 200 g/mol. The van der Waals surface area contributed by atoms with Gasteiger partial charge >= 0.3 is 0 Å². The number of hydrogen-bond donors (Lipinski definition) is 2. The van der Waals surface area contributed by atoms with Crippen LogP contribution in [0.25, 0.3) is 0 Å². The molecule has 0 fully saturated rings. The van der Waals surface area contributed by atoms with Gasteiger partial charge in [0.1, 0.15) is 17.7 Å². The van der Waals surface area contributed by atoms with Crippen LogP contribution in [-0.4, -0.2) is 23.9 Å². The van der Waals surface area contributed by atoms with E-state index in [1.165, 1.54) is 13.2 Å². The van der Waals surface area contributed by atoms with Gasteiger partial charge in [-0.2, -0.15) is 0 Å². The van der Waals surface area contributed by atoms with Crippen molar-refractivity contribution in [1.29, 1.82) is 0 Å². The Labute approximate surface area is 81.8 Å². The van der Waals surface area contributed by atoms with Gasteiger partial charge in [0.15, 0.2) is 0 Å². The molecular weight excluding hydrogens is 187 g/mol. The van der Waals surface area contributed by atoms with Crippen molar-refractivity contribution in [2.45, 2.75) is 13.0 Å². The number of aryl methyl sites for hydroxylation is 1. The molecule has 2 N–H and O–H groups in total. The normalized spacial score (nSPS) is 12.6. The molecule has 1 unspecified atom stereocenters. The first-order valence-corrected chi connectivity index (χ1v) is 4.23. The van der Waals surface area contributed by atoms with Gasteiger partial charge in [0.05, 0.1) is 19.3 Å². The van der Waals surface area contributed by atoms with Crippen LogP contribution < -0.4 is 4.74 Å². The third kappa shape index (κ3) is 2.02. The summed E-state index contributed by atoms with van der Waals surface area (Å²) in [4.78, 5) is 0. The van der Waals surface area contributed by atoms with E-state index < -0.39 is 18.5 Å². The molecule has 0 aliphatic carbocycles. The first-order chi connectivity index (χ1) is 6.60. The van der Waals surface area contributed by atoms with E-state index in [1.54, 1.807) is 13.0 Å². The first kappa shape index (κ1) is 10.9. The van der Waals surface area contributed by atoms with Crippen molar-refractivity contribution in [2.24, 2.45) is 0 Å². The van der Waals surface area contributed by atoms with Crippen molar-refractivity contribution in [2.75, 3.05) is 13.7 Å². The zero-order valence-corrected chi connectivity index (χ0v) is 8.12. The largest absolute Gasteiger partial charge is 0.496 e. The highest BCUT2D eigenvalue weighted by molar-refractivity contribution is 5.39. The molecule has 1 atom stereocenters. The molecule has 1 aromatic rings. The number of aliphatic hydroxyl groups excluding tert-OH is 2. The molecule has 0 saturated heterocycles. The Balaban J connectivity index is 3.24. The summed E-state index contributed by atoms with van der Waals surface area (Å²) < 4.78 is 18.3. The second-order valence-corrected chi connectivity index (χ2v) is 3.06. The molecular formula is C10H13FO3. The van der Waals surface area contributed by atoms with Crippen LogP contribution in [0.15, 0.2) is 12.1 Å². The maximum Gasteiger partial charge on any atom is 0.133 e. The second-order valence-electron chi connectivity index (χ2n) is 3.06. The number of hydrogen-bond acceptors (Lipinski definition) is 3. The van der Waals surface area contributed by atoms with E-state index in [-0.39, 0.29) is 11.3 Å². The van der Waals surface area contributed by atoms with Crippen LogP contribution in [0.5, 0.6) is 5.75 Å². The molecule has 78 valence electrons. The van der Waals surface area contributed by atoms with Crippen LogP contribution in [0, 0.1) is 12.7 Å². The highest BCUT2D eigenvalue weighted by atomic mass is 19.1.